The normalized spacial score (nSPS) is 47.1. The number of terminal acetylenes is 1. The van der Waals surface area contributed by atoms with Crippen molar-refractivity contribution in [3.63, 3.8) is 0 Å². The van der Waals surface area contributed by atoms with Gasteiger partial charge in [-0.2, -0.15) is 0 Å². The first kappa shape index (κ1) is 17.8. The monoisotopic (exact) mass is 354 g/mol. The lowest BCUT2D eigenvalue weighted by Gasteiger charge is -2.58. The highest BCUT2D eigenvalue weighted by atomic mass is 16.5. The van der Waals surface area contributed by atoms with E-state index in [1.165, 1.54) is 12.7 Å². The minimum absolute atomic E-state index is 0.158. The van der Waals surface area contributed by atoms with Crippen LogP contribution in [-0.4, -0.2) is 18.9 Å². The van der Waals surface area contributed by atoms with Gasteiger partial charge in [0, 0.05) is 6.42 Å². The number of carbonyl (C=O) groups is 2. The van der Waals surface area contributed by atoms with Gasteiger partial charge < -0.3 is 4.74 Å². The average molecular weight is 354 g/mol. The average Bonchev–Trinajstić information content (AvgIpc) is 2.95. The predicted molar refractivity (Wildman–Crippen MR) is 100.0 cm³/mol. The molecule has 3 heteroatoms. The van der Waals surface area contributed by atoms with Gasteiger partial charge in [0.2, 0.25) is 0 Å². The van der Waals surface area contributed by atoms with Crippen LogP contribution in [0.15, 0.2) is 11.6 Å². The summed E-state index contributed by atoms with van der Waals surface area (Å²) in [5.74, 6) is 4.68. The van der Waals surface area contributed by atoms with Crippen LogP contribution in [0.4, 0.5) is 0 Å². The maximum atomic E-state index is 12.7. The molecule has 0 saturated heterocycles. The summed E-state index contributed by atoms with van der Waals surface area (Å²) in [6.07, 6.45) is 15.6. The Morgan fingerprint density at radius 2 is 1.88 bits per heavy atom. The molecule has 0 spiro atoms. The molecule has 0 aromatic heterocycles. The van der Waals surface area contributed by atoms with Crippen molar-refractivity contribution in [1.82, 2.24) is 0 Å². The topological polar surface area (TPSA) is 43.4 Å². The lowest BCUT2D eigenvalue weighted by atomic mass is 9.45. The Morgan fingerprint density at radius 3 is 2.58 bits per heavy atom. The minimum atomic E-state index is -0.767. The number of esters is 1. The van der Waals surface area contributed by atoms with Crippen molar-refractivity contribution in [2.75, 3.05) is 7.11 Å². The number of fused-ring (bicyclic) bond motifs is 5. The summed E-state index contributed by atoms with van der Waals surface area (Å²) in [4.78, 5) is 24.6. The van der Waals surface area contributed by atoms with Gasteiger partial charge in [-0.25, -0.2) is 0 Å². The summed E-state index contributed by atoms with van der Waals surface area (Å²) in [6.45, 7) is 4.63. The predicted octanol–water partition coefficient (Wildman–Crippen LogP) is 4.31. The maximum Gasteiger partial charge on any atom is 0.324 e. The molecule has 0 bridgehead atoms. The van der Waals surface area contributed by atoms with E-state index in [-0.39, 0.29) is 16.8 Å². The Balaban J connectivity index is 1.71. The van der Waals surface area contributed by atoms with Gasteiger partial charge in [0.1, 0.15) is 5.41 Å². The number of allylic oxidation sites excluding steroid dienone is 1. The zero-order chi connectivity index (χ0) is 18.7. The Labute approximate surface area is 156 Å². The van der Waals surface area contributed by atoms with Crippen LogP contribution in [0.1, 0.15) is 65.2 Å². The molecule has 140 valence electrons. The van der Waals surface area contributed by atoms with Crippen molar-refractivity contribution < 1.29 is 14.3 Å². The van der Waals surface area contributed by atoms with E-state index in [9.17, 15) is 9.59 Å². The van der Waals surface area contributed by atoms with Crippen LogP contribution in [0.5, 0.6) is 0 Å². The molecule has 4 rings (SSSR count). The van der Waals surface area contributed by atoms with Gasteiger partial charge >= 0.3 is 5.97 Å². The van der Waals surface area contributed by atoms with Crippen molar-refractivity contribution in [2.24, 2.45) is 34.0 Å². The van der Waals surface area contributed by atoms with Crippen LogP contribution in [0, 0.1) is 46.3 Å². The van der Waals surface area contributed by atoms with Gasteiger partial charge in [0.15, 0.2) is 5.78 Å². The van der Waals surface area contributed by atoms with E-state index in [0.717, 1.165) is 44.9 Å². The van der Waals surface area contributed by atoms with Gasteiger partial charge in [-0.3, -0.25) is 9.59 Å². The van der Waals surface area contributed by atoms with Crippen LogP contribution in [0.25, 0.3) is 0 Å². The van der Waals surface area contributed by atoms with Crippen molar-refractivity contribution in [1.29, 1.82) is 0 Å². The van der Waals surface area contributed by atoms with Crippen molar-refractivity contribution >= 4 is 11.8 Å². The molecule has 0 unspecified atom stereocenters. The lowest BCUT2D eigenvalue weighted by molar-refractivity contribution is -0.160. The van der Waals surface area contributed by atoms with Crippen LogP contribution >= 0.6 is 0 Å². The van der Waals surface area contributed by atoms with E-state index in [0.29, 0.717) is 30.0 Å². The second-order valence-electron chi connectivity index (χ2n) is 9.50. The highest BCUT2D eigenvalue weighted by Gasteiger charge is 2.66. The number of methoxy groups -OCH3 is 1. The molecule has 0 radical (unpaired) electrons. The fourth-order valence-electron chi connectivity index (χ4n) is 7.40. The third kappa shape index (κ3) is 2.02. The molecule has 6 atom stereocenters. The van der Waals surface area contributed by atoms with Crippen LogP contribution < -0.4 is 0 Å². The molecule has 0 aromatic rings. The molecule has 0 aromatic carbocycles. The van der Waals surface area contributed by atoms with Gasteiger partial charge in [0.05, 0.1) is 7.11 Å². The van der Waals surface area contributed by atoms with Gasteiger partial charge in [-0.15, -0.1) is 6.42 Å². The molecule has 4 aliphatic carbocycles. The number of ether oxygens (including phenoxy) is 1. The summed E-state index contributed by atoms with van der Waals surface area (Å²) in [5, 5.41) is 0. The van der Waals surface area contributed by atoms with E-state index in [4.69, 9.17) is 11.2 Å². The second kappa shape index (κ2) is 5.72. The maximum absolute atomic E-state index is 12.7. The lowest BCUT2D eigenvalue weighted by Crippen LogP contribution is -2.54. The molecule has 3 saturated carbocycles. The highest BCUT2D eigenvalue weighted by Crippen LogP contribution is 2.69. The number of carbonyl (C=O) groups excluding carboxylic acids is 2. The van der Waals surface area contributed by atoms with Gasteiger partial charge in [-0.1, -0.05) is 25.3 Å². The Bertz CT molecular complexity index is 728. The van der Waals surface area contributed by atoms with Crippen LogP contribution in [-0.2, 0) is 14.3 Å². The van der Waals surface area contributed by atoms with Gasteiger partial charge in [0.25, 0.3) is 0 Å². The quantitative estimate of drug-likeness (QED) is 0.520. The summed E-state index contributed by atoms with van der Waals surface area (Å²) < 4.78 is 5.17. The fourth-order valence-corrected chi connectivity index (χ4v) is 7.40. The number of hydrogen-bond acceptors (Lipinski definition) is 3. The Hall–Kier alpha value is -1.56. The third-order valence-corrected chi connectivity index (χ3v) is 8.94. The minimum Gasteiger partial charge on any atom is -0.468 e. The Kier molecular flexibility index (Phi) is 3.92. The smallest absolute Gasteiger partial charge is 0.324 e. The van der Waals surface area contributed by atoms with Crippen molar-refractivity contribution in [3.8, 4) is 12.3 Å². The second-order valence-corrected chi connectivity index (χ2v) is 9.50. The molecular formula is C23H30O3. The van der Waals surface area contributed by atoms with Crippen LogP contribution in [0.2, 0.25) is 0 Å². The van der Waals surface area contributed by atoms with Crippen LogP contribution in [0.3, 0.4) is 0 Å². The summed E-state index contributed by atoms with van der Waals surface area (Å²) >= 11 is 0. The first-order valence-electron chi connectivity index (χ1n) is 10.1. The molecule has 26 heavy (non-hydrogen) atoms. The number of ketones is 1. The molecule has 0 amide bonds. The van der Waals surface area contributed by atoms with E-state index in [1.54, 1.807) is 0 Å². The van der Waals surface area contributed by atoms with Crippen molar-refractivity contribution in [3.05, 3.63) is 11.6 Å². The molecule has 3 fully saturated rings. The molecule has 4 aliphatic rings. The molecule has 0 aliphatic heterocycles. The highest BCUT2D eigenvalue weighted by molar-refractivity contribution is 5.91. The molecular weight excluding hydrogens is 324 g/mol. The summed E-state index contributed by atoms with van der Waals surface area (Å²) in [5.41, 5.74) is 0.604. The van der Waals surface area contributed by atoms with E-state index >= 15 is 0 Å². The molecule has 3 nitrogen and oxygen atoms in total. The van der Waals surface area contributed by atoms with E-state index in [2.05, 4.69) is 19.8 Å². The zero-order valence-corrected chi connectivity index (χ0v) is 16.3. The number of hydrogen-bond donors (Lipinski definition) is 0. The standard InChI is InChI=1S/C23H30O3/c1-5-23(20(25)26-4)13-10-19-17-7-6-15-14-16(24)8-11-21(15,2)18(17)9-12-22(19,23)3/h1,14,17-19H,6-13H2,2-4H3/t17-,18+,19+,21-,22+,23+/m0/s1. The first-order chi connectivity index (χ1) is 12.3. The van der Waals surface area contributed by atoms with Gasteiger partial charge in [-0.05, 0) is 79.6 Å². The van der Waals surface area contributed by atoms with E-state index < -0.39 is 5.41 Å². The summed E-state index contributed by atoms with van der Waals surface area (Å²) in [6, 6.07) is 0. The zero-order valence-electron chi connectivity index (χ0n) is 16.3. The summed E-state index contributed by atoms with van der Waals surface area (Å²) in [7, 11) is 1.46. The SMILES string of the molecule is C#C[C@]1(C(=O)OC)CC[C@@H]2[C@H]3CCC4=CC(=O)CC[C@]4(C)[C@@H]3CC[C@]21C. The first-order valence-corrected chi connectivity index (χ1v) is 10.1. The molecule has 0 N–H and O–H groups in total. The van der Waals surface area contributed by atoms with Crippen molar-refractivity contribution in [2.45, 2.75) is 65.2 Å². The molecule has 0 heterocycles. The van der Waals surface area contributed by atoms with E-state index in [1.807, 2.05) is 6.08 Å². The third-order valence-electron chi connectivity index (χ3n) is 8.94. The Morgan fingerprint density at radius 1 is 1.15 bits per heavy atom. The fraction of sp³-hybridized carbons (Fsp3) is 0.739. The number of rotatable bonds is 1. The largest absolute Gasteiger partial charge is 0.468 e.